The zero-order chi connectivity index (χ0) is 20.6. The van der Waals surface area contributed by atoms with Gasteiger partial charge in [-0.05, 0) is 43.2 Å². The molecule has 0 aliphatic heterocycles. The monoisotopic (exact) mass is 390 g/mol. The Hall–Kier alpha value is -3.74. The van der Waals surface area contributed by atoms with Crippen LogP contribution in [0.5, 0.6) is 0 Å². The number of esters is 1. The number of benzene rings is 2. The van der Waals surface area contributed by atoms with Gasteiger partial charge in [-0.15, -0.1) is 0 Å². The van der Waals surface area contributed by atoms with E-state index in [1.54, 1.807) is 31.2 Å². The highest BCUT2D eigenvalue weighted by atomic mass is 16.5. The van der Waals surface area contributed by atoms with E-state index in [0.29, 0.717) is 11.6 Å². The van der Waals surface area contributed by atoms with Gasteiger partial charge in [-0.3, -0.25) is 4.79 Å². The number of para-hydroxylation sites is 2. The third-order valence-corrected chi connectivity index (χ3v) is 4.20. The summed E-state index contributed by atoms with van der Waals surface area (Å²) in [7, 11) is 0. The molecule has 0 aliphatic rings. The highest BCUT2D eigenvalue weighted by Gasteiger charge is 2.16. The van der Waals surface area contributed by atoms with Crippen molar-refractivity contribution in [2.75, 3.05) is 17.2 Å². The SMILES string of the molecule is CCOC(=O)c1ccccc1NC(=O)c1ccnc(Nc2ccccc2CC)n1. The van der Waals surface area contributed by atoms with Crippen molar-refractivity contribution in [3.05, 3.63) is 77.6 Å². The molecule has 29 heavy (non-hydrogen) atoms. The predicted molar refractivity (Wildman–Crippen MR) is 111 cm³/mol. The van der Waals surface area contributed by atoms with Gasteiger partial charge in [0.05, 0.1) is 17.9 Å². The Morgan fingerprint density at radius 2 is 1.69 bits per heavy atom. The van der Waals surface area contributed by atoms with Crippen LogP contribution in [0.3, 0.4) is 0 Å². The molecule has 0 spiro atoms. The molecule has 1 heterocycles. The van der Waals surface area contributed by atoms with E-state index in [-0.39, 0.29) is 17.9 Å². The number of ether oxygens (including phenoxy) is 1. The summed E-state index contributed by atoms with van der Waals surface area (Å²) < 4.78 is 5.04. The van der Waals surface area contributed by atoms with Crippen molar-refractivity contribution in [2.24, 2.45) is 0 Å². The Kier molecular flexibility index (Phi) is 6.52. The van der Waals surface area contributed by atoms with Gasteiger partial charge < -0.3 is 15.4 Å². The van der Waals surface area contributed by atoms with Crippen LogP contribution in [-0.4, -0.2) is 28.5 Å². The molecule has 7 heteroatoms. The van der Waals surface area contributed by atoms with E-state index in [4.69, 9.17) is 4.74 Å². The lowest BCUT2D eigenvalue weighted by Crippen LogP contribution is -2.17. The molecular weight excluding hydrogens is 368 g/mol. The lowest BCUT2D eigenvalue weighted by molar-refractivity contribution is 0.0527. The minimum absolute atomic E-state index is 0.176. The molecule has 0 aliphatic carbocycles. The smallest absolute Gasteiger partial charge is 0.340 e. The number of nitrogens with one attached hydrogen (secondary N) is 2. The van der Waals surface area contributed by atoms with Crippen molar-refractivity contribution in [2.45, 2.75) is 20.3 Å². The van der Waals surface area contributed by atoms with Crippen LogP contribution in [0.2, 0.25) is 0 Å². The first-order chi connectivity index (χ1) is 14.1. The van der Waals surface area contributed by atoms with Gasteiger partial charge in [-0.2, -0.15) is 0 Å². The topological polar surface area (TPSA) is 93.2 Å². The Balaban J connectivity index is 1.79. The van der Waals surface area contributed by atoms with Crippen LogP contribution in [-0.2, 0) is 11.2 Å². The fraction of sp³-hybridized carbons (Fsp3) is 0.182. The van der Waals surface area contributed by atoms with Gasteiger partial charge in [0.1, 0.15) is 5.69 Å². The Labute approximate surface area is 169 Å². The molecule has 1 aromatic heterocycles. The Bertz CT molecular complexity index is 1020. The van der Waals surface area contributed by atoms with Gasteiger partial charge in [0, 0.05) is 11.9 Å². The van der Waals surface area contributed by atoms with Crippen LogP contribution in [0.15, 0.2) is 60.8 Å². The molecule has 3 aromatic rings. The fourth-order valence-corrected chi connectivity index (χ4v) is 2.78. The van der Waals surface area contributed by atoms with Crippen molar-refractivity contribution in [3.63, 3.8) is 0 Å². The van der Waals surface area contributed by atoms with Crippen molar-refractivity contribution >= 4 is 29.2 Å². The van der Waals surface area contributed by atoms with Gasteiger partial charge in [0.25, 0.3) is 5.91 Å². The number of hydrogen-bond donors (Lipinski definition) is 2. The first-order valence-corrected chi connectivity index (χ1v) is 9.37. The van der Waals surface area contributed by atoms with E-state index in [9.17, 15) is 9.59 Å². The highest BCUT2D eigenvalue weighted by molar-refractivity contribution is 6.07. The van der Waals surface area contributed by atoms with Crippen LogP contribution in [0.4, 0.5) is 17.3 Å². The summed E-state index contributed by atoms with van der Waals surface area (Å²) in [5.41, 5.74) is 2.83. The zero-order valence-electron chi connectivity index (χ0n) is 16.3. The van der Waals surface area contributed by atoms with Crippen molar-refractivity contribution in [3.8, 4) is 0 Å². The van der Waals surface area contributed by atoms with E-state index < -0.39 is 11.9 Å². The number of nitrogens with zero attached hydrogens (tertiary/aromatic N) is 2. The molecule has 0 saturated carbocycles. The van der Waals surface area contributed by atoms with Gasteiger partial charge in [0.15, 0.2) is 0 Å². The van der Waals surface area contributed by atoms with Crippen LogP contribution < -0.4 is 10.6 Å². The van der Waals surface area contributed by atoms with E-state index >= 15 is 0 Å². The molecule has 0 radical (unpaired) electrons. The minimum atomic E-state index is -0.496. The largest absolute Gasteiger partial charge is 0.462 e. The van der Waals surface area contributed by atoms with Crippen molar-refractivity contribution in [1.29, 1.82) is 0 Å². The molecule has 2 aromatic carbocycles. The van der Waals surface area contributed by atoms with Crippen LogP contribution >= 0.6 is 0 Å². The summed E-state index contributed by atoms with van der Waals surface area (Å²) in [6.07, 6.45) is 2.37. The number of hydrogen-bond acceptors (Lipinski definition) is 6. The van der Waals surface area contributed by atoms with E-state index in [1.165, 1.54) is 12.3 Å². The number of rotatable bonds is 7. The first kappa shape index (κ1) is 20.0. The second kappa shape index (κ2) is 9.45. The number of carbonyl (C=O) groups is 2. The maximum absolute atomic E-state index is 12.7. The van der Waals surface area contributed by atoms with E-state index in [1.807, 2.05) is 24.3 Å². The van der Waals surface area contributed by atoms with Gasteiger partial charge in [-0.1, -0.05) is 37.3 Å². The lowest BCUT2D eigenvalue weighted by Gasteiger charge is -2.11. The maximum atomic E-state index is 12.7. The second-order valence-corrected chi connectivity index (χ2v) is 6.12. The van der Waals surface area contributed by atoms with E-state index in [2.05, 4.69) is 27.5 Å². The number of aryl methyl sites for hydroxylation is 1. The normalized spacial score (nSPS) is 10.3. The summed E-state index contributed by atoms with van der Waals surface area (Å²) >= 11 is 0. The molecule has 2 N–H and O–H groups in total. The number of amides is 1. The van der Waals surface area contributed by atoms with Crippen LogP contribution in [0.25, 0.3) is 0 Å². The summed E-state index contributed by atoms with van der Waals surface area (Å²) in [6.45, 7) is 4.04. The average Bonchev–Trinajstić information content (AvgIpc) is 2.75. The third kappa shape index (κ3) is 4.95. The van der Waals surface area contributed by atoms with Gasteiger partial charge in [0.2, 0.25) is 5.95 Å². The number of anilines is 3. The summed E-state index contributed by atoms with van der Waals surface area (Å²) in [5, 5.41) is 5.87. The van der Waals surface area contributed by atoms with Gasteiger partial charge in [-0.25, -0.2) is 14.8 Å². The van der Waals surface area contributed by atoms with Crippen LogP contribution in [0, 0.1) is 0 Å². The maximum Gasteiger partial charge on any atom is 0.340 e. The number of carbonyl (C=O) groups excluding carboxylic acids is 2. The Morgan fingerprint density at radius 3 is 2.45 bits per heavy atom. The molecule has 3 rings (SSSR count). The molecule has 1 amide bonds. The second-order valence-electron chi connectivity index (χ2n) is 6.12. The summed E-state index contributed by atoms with van der Waals surface area (Å²) in [5.74, 6) is -0.627. The summed E-state index contributed by atoms with van der Waals surface area (Å²) in [4.78, 5) is 33.3. The fourth-order valence-electron chi connectivity index (χ4n) is 2.78. The minimum Gasteiger partial charge on any atom is -0.462 e. The standard InChI is InChI=1S/C22H22N4O3/c1-3-15-9-5-7-11-17(15)25-22-23-14-13-19(26-22)20(27)24-18-12-8-6-10-16(18)21(28)29-4-2/h5-14H,3-4H2,1-2H3,(H,24,27)(H,23,25,26). The van der Waals surface area contributed by atoms with Crippen molar-refractivity contribution in [1.82, 2.24) is 9.97 Å². The predicted octanol–water partition coefficient (Wildman–Crippen LogP) is 4.21. The van der Waals surface area contributed by atoms with E-state index in [0.717, 1.165) is 17.7 Å². The van der Waals surface area contributed by atoms with Gasteiger partial charge >= 0.3 is 5.97 Å². The molecule has 0 bridgehead atoms. The average molecular weight is 390 g/mol. The third-order valence-electron chi connectivity index (χ3n) is 4.20. The van der Waals surface area contributed by atoms with Crippen molar-refractivity contribution < 1.29 is 14.3 Å². The molecule has 148 valence electrons. The molecule has 7 nitrogen and oxygen atoms in total. The molecule has 0 fully saturated rings. The molecule has 0 saturated heterocycles. The zero-order valence-corrected chi connectivity index (χ0v) is 16.3. The summed E-state index contributed by atoms with van der Waals surface area (Å²) in [6, 6.07) is 16.0. The molecule has 0 atom stereocenters. The first-order valence-electron chi connectivity index (χ1n) is 9.37. The quantitative estimate of drug-likeness (QED) is 0.587. The Morgan fingerprint density at radius 1 is 0.966 bits per heavy atom. The lowest BCUT2D eigenvalue weighted by atomic mass is 10.1. The van der Waals surface area contributed by atoms with Crippen LogP contribution in [0.1, 0.15) is 40.3 Å². The number of aromatic nitrogens is 2. The molecule has 0 unspecified atom stereocenters. The molecular formula is C22H22N4O3. The highest BCUT2D eigenvalue weighted by Crippen LogP contribution is 2.20.